The number of ether oxygens (including phenoxy) is 3. The zero-order valence-corrected chi connectivity index (χ0v) is 33.0. The monoisotopic (exact) mass is 763 g/mol. The predicted molar refractivity (Wildman–Crippen MR) is 199 cm³/mol. The van der Waals surface area contributed by atoms with Crippen molar-refractivity contribution in [2.45, 2.75) is 92.3 Å². The summed E-state index contributed by atoms with van der Waals surface area (Å²) in [5, 5.41) is 13.7. The number of hydrogen-bond donors (Lipinski definition) is 5. The highest BCUT2D eigenvalue weighted by Crippen LogP contribution is 2.35. The molecular formula is C37H54FN5O9S. The van der Waals surface area contributed by atoms with E-state index < -0.39 is 65.1 Å². The van der Waals surface area contributed by atoms with Gasteiger partial charge in [-0.25, -0.2) is 14.0 Å². The van der Waals surface area contributed by atoms with Crippen molar-refractivity contribution in [3.8, 4) is 0 Å². The molecule has 0 fully saturated rings. The molecule has 0 saturated carbocycles. The summed E-state index contributed by atoms with van der Waals surface area (Å²) in [7, 11) is 1.20. The van der Waals surface area contributed by atoms with Crippen molar-refractivity contribution in [3.63, 3.8) is 0 Å². The van der Waals surface area contributed by atoms with Gasteiger partial charge in [-0.15, -0.1) is 11.3 Å². The fraction of sp³-hybridized carbons (Fsp3) is 0.568. The number of amides is 5. The number of hydrogen-bond acceptors (Lipinski definition) is 10. The minimum Gasteiger partial charge on any atom is -0.465 e. The molecule has 16 heteroatoms. The molecule has 1 unspecified atom stereocenters. The van der Waals surface area contributed by atoms with Gasteiger partial charge in [-0.2, -0.15) is 0 Å². The average molecular weight is 764 g/mol. The molecule has 0 radical (unpaired) electrons. The number of carbonyl (C=O) groups excluding carboxylic acids is 6. The third-order valence-corrected chi connectivity index (χ3v) is 9.13. The van der Waals surface area contributed by atoms with Gasteiger partial charge in [-0.1, -0.05) is 46.8 Å². The van der Waals surface area contributed by atoms with Crippen LogP contribution in [0.2, 0.25) is 0 Å². The molecular weight excluding hydrogens is 709 g/mol. The average Bonchev–Trinajstić information content (AvgIpc) is 3.39. The van der Waals surface area contributed by atoms with Crippen LogP contribution in [0.15, 0.2) is 24.3 Å². The zero-order chi connectivity index (χ0) is 40.0. The standard InChI is InChI=1S/C37H54FN5O9S/c1-11-25(23-12-14-24(38)15-13-23)30(44)43-34-26(35(48)50-10)22(6)29(53-34)33(47)40-17-19-51-18-16-39-31(45)27(20(2)3)41-32(46)28(21(4)5)42-36(49)52-37(7,8)9/h12-15,20-21,25,27-28H,11,16-19H2,1-10H3,(H,39,45)(H,40,47)(H,41,46)(H,42,49)(H,43,44)/t25?,27-,28-/m0/s1. The number of methoxy groups -OCH3 is 1. The smallest absolute Gasteiger partial charge is 0.408 e. The van der Waals surface area contributed by atoms with Crippen LogP contribution in [-0.2, 0) is 28.6 Å². The Morgan fingerprint density at radius 3 is 1.92 bits per heavy atom. The molecule has 0 aliphatic carbocycles. The lowest BCUT2D eigenvalue weighted by Gasteiger charge is -2.28. The summed E-state index contributed by atoms with van der Waals surface area (Å²) in [6.07, 6.45) is -0.324. The van der Waals surface area contributed by atoms with Crippen LogP contribution < -0.4 is 26.6 Å². The molecule has 0 aliphatic heterocycles. The highest BCUT2D eigenvalue weighted by Gasteiger charge is 2.32. The van der Waals surface area contributed by atoms with Gasteiger partial charge < -0.3 is 40.8 Å². The number of rotatable bonds is 18. The number of carbonyl (C=O) groups is 6. The van der Waals surface area contributed by atoms with Crippen LogP contribution >= 0.6 is 11.3 Å². The van der Waals surface area contributed by atoms with Crippen LogP contribution in [0.5, 0.6) is 0 Å². The highest BCUT2D eigenvalue weighted by atomic mass is 32.1. The summed E-state index contributed by atoms with van der Waals surface area (Å²) in [4.78, 5) is 77.6. The van der Waals surface area contributed by atoms with Gasteiger partial charge in [-0.05, 0) is 69.2 Å². The molecule has 1 heterocycles. The van der Waals surface area contributed by atoms with Crippen LogP contribution in [0.3, 0.4) is 0 Å². The lowest BCUT2D eigenvalue weighted by Crippen LogP contribution is -2.57. The van der Waals surface area contributed by atoms with E-state index in [1.165, 1.54) is 31.4 Å². The fourth-order valence-corrected chi connectivity index (χ4v) is 6.27. The number of thiophene rings is 1. The van der Waals surface area contributed by atoms with E-state index in [1.54, 1.807) is 55.4 Å². The minimum absolute atomic E-state index is 0.0619. The van der Waals surface area contributed by atoms with Crippen molar-refractivity contribution in [3.05, 3.63) is 51.7 Å². The molecule has 0 bridgehead atoms. The molecule has 53 heavy (non-hydrogen) atoms. The summed E-state index contributed by atoms with van der Waals surface area (Å²) in [5.41, 5.74) is 0.257. The number of alkyl carbamates (subject to hydrolysis) is 1. The third kappa shape index (κ3) is 13.7. The largest absolute Gasteiger partial charge is 0.465 e. The molecule has 5 amide bonds. The second-order valence-corrected chi connectivity index (χ2v) is 15.0. The molecule has 0 aliphatic rings. The van der Waals surface area contributed by atoms with Gasteiger partial charge >= 0.3 is 12.1 Å². The van der Waals surface area contributed by atoms with E-state index in [9.17, 15) is 33.2 Å². The molecule has 2 rings (SSSR count). The Kier molecular flexibility index (Phi) is 17.3. The topological polar surface area (TPSA) is 190 Å². The first-order chi connectivity index (χ1) is 24.8. The fourth-order valence-electron chi connectivity index (χ4n) is 5.16. The summed E-state index contributed by atoms with van der Waals surface area (Å²) in [6.45, 7) is 16.1. The van der Waals surface area contributed by atoms with Crippen molar-refractivity contribution < 1.29 is 47.4 Å². The number of halogens is 1. The predicted octanol–water partition coefficient (Wildman–Crippen LogP) is 4.67. The molecule has 2 aromatic rings. The third-order valence-electron chi connectivity index (χ3n) is 7.92. The van der Waals surface area contributed by atoms with Gasteiger partial charge in [-0.3, -0.25) is 19.2 Å². The quantitative estimate of drug-likeness (QED) is 0.106. The van der Waals surface area contributed by atoms with Gasteiger partial charge in [0.2, 0.25) is 17.7 Å². The van der Waals surface area contributed by atoms with Gasteiger partial charge in [0.1, 0.15) is 28.5 Å². The van der Waals surface area contributed by atoms with E-state index in [-0.39, 0.29) is 53.6 Å². The lowest BCUT2D eigenvalue weighted by molar-refractivity contribution is -0.131. The molecule has 0 spiro atoms. The Morgan fingerprint density at radius 2 is 1.40 bits per heavy atom. The Bertz CT molecular complexity index is 1590. The molecule has 14 nitrogen and oxygen atoms in total. The lowest BCUT2D eigenvalue weighted by atomic mass is 9.95. The molecule has 294 valence electrons. The minimum atomic E-state index is -0.922. The maximum Gasteiger partial charge on any atom is 0.408 e. The van der Waals surface area contributed by atoms with Crippen LogP contribution in [0.25, 0.3) is 0 Å². The zero-order valence-electron chi connectivity index (χ0n) is 32.2. The van der Waals surface area contributed by atoms with E-state index in [0.29, 0.717) is 17.5 Å². The summed E-state index contributed by atoms with van der Waals surface area (Å²) in [5.74, 6) is -4.16. The van der Waals surface area contributed by atoms with E-state index in [4.69, 9.17) is 14.2 Å². The van der Waals surface area contributed by atoms with Gasteiger partial charge in [0, 0.05) is 13.1 Å². The first-order valence-electron chi connectivity index (χ1n) is 17.5. The van der Waals surface area contributed by atoms with Crippen molar-refractivity contribution in [1.82, 2.24) is 21.3 Å². The Morgan fingerprint density at radius 1 is 0.830 bits per heavy atom. The molecule has 1 aromatic heterocycles. The van der Waals surface area contributed by atoms with Gasteiger partial charge in [0.25, 0.3) is 5.91 Å². The summed E-state index contributed by atoms with van der Waals surface area (Å²) < 4.78 is 29.2. The van der Waals surface area contributed by atoms with E-state index in [2.05, 4.69) is 26.6 Å². The first-order valence-corrected chi connectivity index (χ1v) is 18.3. The number of benzene rings is 1. The van der Waals surface area contributed by atoms with Crippen LogP contribution in [0.4, 0.5) is 14.2 Å². The Labute approximate surface area is 314 Å². The first kappa shape index (κ1) is 44.6. The number of esters is 1. The normalized spacial score (nSPS) is 13.1. The maximum absolute atomic E-state index is 13.4. The van der Waals surface area contributed by atoms with Crippen LogP contribution in [-0.4, -0.2) is 86.8 Å². The maximum atomic E-state index is 13.4. The van der Waals surface area contributed by atoms with Crippen LogP contribution in [0.1, 0.15) is 98.9 Å². The van der Waals surface area contributed by atoms with Crippen molar-refractivity contribution >= 4 is 52.0 Å². The summed E-state index contributed by atoms with van der Waals surface area (Å²) >= 11 is 0.934. The van der Waals surface area contributed by atoms with Crippen molar-refractivity contribution in [1.29, 1.82) is 0 Å². The highest BCUT2D eigenvalue weighted by molar-refractivity contribution is 7.18. The van der Waals surface area contributed by atoms with Crippen molar-refractivity contribution in [2.75, 3.05) is 38.7 Å². The summed E-state index contributed by atoms with van der Waals surface area (Å²) in [6, 6.07) is 3.79. The molecule has 0 saturated heterocycles. The molecule has 1 aromatic carbocycles. The second-order valence-electron chi connectivity index (χ2n) is 14.0. The van der Waals surface area contributed by atoms with E-state index >= 15 is 0 Å². The molecule has 3 atom stereocenters. The van der Waals surface area contributed by atoms with E-state index in [1.807, 2.05) is 6.92 Å². The number of anilines is 1. The molecule has 5 N–H and O–H groups in total. The van der Waals surface area contributed by atoms with Crippen LogP contribution in [0, 0.1) is 24.6 Å². The Balaban J connectivity index is 1.92. The number of nitrogens with one attached hydrogen (secondary N) is 5. The van der Waals surface area contributed by atoms with Gasteiger partial charge in [0.15, 0.2) is 0 Å². The van der Waals surface area contributed by atoms with Crippen molar-refractivity contribution in [2.24, 2.45) is 11.8 Å². The van der Waals surface area contributed by atoms with Gasteiger partial charge in [0.05, 0.1) is 36.7 Å². The SMILES string of the molecule is CCC(C(=O)Nc1sc(C(=O)NCCOCCNC(=O)[C@@H](NC(=O)[C@@H](NC(=O)OC(C)(C)C)C(C)C)C(C)C)c(C)c1C(=O)OC)c1ccc(F)cc1. The second kappa shape index (κ2) is 20.6. The Hall–Kier alpha value is -4.57. The van der Waals surface area contributed by atoms with E-state index in [0.717, 1.165) is 11.3 Å².